The number of fused-ring (bicyclic) bond motifs is 2. The van der Waals surface area contributed by atoms with Gasteiger partial charge in [-0.2, -0.15) is 13.2 Å². The molecule has 2 N–H and O–H groups in total. The van der Waals surface area contributed by atoms with Gasteiger partial charge in [-0.25, -0.2) is 0 Å². The van der Waals surface area contributed by atoms with Crippen LogP contribution in [0.2, 0.25) is 0 Å². The maximum Gasteiger partial charge on any atom is 0.401 e. The molecule has 0 spiro atoms. The zero-order chi connectivity index (χ0) is 17.0. The van der Waals surface area contributed by atoms with Crippen LogP contribution in [0.5, 0.6) is 0 Å². The number of amides is 4. The molecule has 0 unspecified atom stereocenters. The largest absolute Gasteiger partial charge is 0.401 e. The number of nitrogens with one attached hydrogen (secondary N) is 2. The van der Waals surface area contributed by atoms with Gasteiger partial charge >= 0.3 is 6.18 Å². The number of imide groups is 2. The van der Waals surface area contributed by atoms with Crippen LogP contribution in [0.4, 0.5) is 13.2 Å². The molecule has 0 aliphatic carbocycles. The lowest BCUT2D eigenvalue weighted by atomic mass is 9.57. The molecular formula is C14H9F3N2O4. The summed E-state index contributed by atoms with van der Waals surface area (Å²) in [6.45, 7) is 0. The molecule has 0 saturated carbocycles. The number of piperidine rings is 2. The molecule has 1 aromatic rings. The van der Waals surface area contributed by atoms with Gasteiger partial charge < -0.3 is 0 Å². The topological polar surface area (TPSA) is 92.3 Å². The van der Waals surface area contributed by atoms with E-state index in [1.807, 2.05) is 0 Å². The molecule has 0 atom stereocenters. The Labute approximate surface area is 127 Å². The predicted octanol–water partition coefficient (Wildman–Crippen LogP) is 0.0319. The first-order valence-corrected chi connectivity index (χ1v) is 6.53. The van der Waals surface area contributed by atoms with Crippen molar-refractivity contribution in [1.82, 2.24) is 10.6 Å². The number of alkyl halides is 3. The minimum absolute atomic E-state index is 0.478. The maximum atomic E-state index is 14.0. The number of halogens is 3. The Morgan fingerprint density at radius 2 is 1.17 bits per heavy atom. The van der Waals surface area contributed by atoms with Crippen LogP contribution in [0, 0.1) is 11.8 Å². The molecule has 6 nitrogen and oxygen atoms in total. The van der Waals surface area contributed by atoms with Gasteiger partial charge in [-0.05, 0) is 5.56 Å². The zero-order valence-corrected chi connectivity index (χ0v) is 11.3. The summed E-state index contributed by atoms with van der Waals surface area (Å²) in [5, 5.41) is 3.36. The average Bonchev–Trinajstić information content (AvgIpc) is 2.45. The van der Waals surface area contributed by atoms with Gasteiger partial charge in [-0.1, -0.05) is 30.3 Å². The molecule has 2 aliphatic rings. The van der Waals surface area contributed by atoms with Crippen molar-refractivity contribution < 1.29 is 32.3 Å². The number of rotatable bonds is 1. The van der Waals surface area contributed by atoms with Crippen molar-refractivity contribution in [2.24, 2.45) is 11.8 Å². The van der Waals surface area contributed by atoms with Gasteiger partial charge in [-0.15, -0.1) is 0 Å². The van der Waals surface area contributed by atoms with Crippen LogP contribution >= 0.6 is 0 Å². The van der Waals surface area contributed by atoms with Crippen molar-refractivity contribution in [1.29, 1.82) is 0 Å². The van der Waals surface area contributed by atoms with Gasteiger partial charge in [0.05, 0.1) is 0 Å². The molecule has 3 rings (SSSR count). The molecule has 0 aromatic heterocycles. The van der Waals surface area contributed by atoms with E-state index in [1.54, 1.807) is 10.6 Å². The molecule has 2 saturated heterocycles. The summed E-state index contributed by atoms with van der Waals surface area (Å²) < 4.78 is 42.1. The van der Waals surface area contributed by atoms with Crippen LogP contribution in [-0.2, 0) is 24.6 Å². The minimum atomic E-state index is -5.18. The lowest BCUT2D eigenvalue weighted by Crippen LogP contribution is -2.76. The van der Waals surface area contributed by atoms with Crippen LogP contribution in [-0.4, -0.2) is 29.8 Å². The number of carbonyl (C=O) groups excluding carboxylic acids is 4. The smallest absolute Gasteiger partial charge is 0.295 e. The lowest BCUT2D eigenvalue weighted by Gasteiger charge is -2.49. The van der Waals surface area contributed by atoms with E-state index in [1.165, 1.54) is 18.2 Å². The third-order valence-corrected chi connectivity index (χ3v) is 4.17. The number of carbonyl (C=O) groups is 4. The molecule has 23 heavy (non-hydrogen) atoms. The molecule has 2 fully saturated rings. The Balaban J connectivity index is 2.40. The third-order valence-electron chi connectivity index (χ3n) is 4.17. The molecule has 9 heteroatoms. The summed E-state index contributed by atoms with van der Waals surface area (Å²) in [5.41, 5.74) is -3.69. The number of hydrogen-bond acceptors (Lipinski definition) is 4. The van der Waals surface area contributed by atoms with Crippen LogP contribution in [0.25, 0.3) is 0 Å². The lowest BCUT2D eigenvalue weighted by molar-refractivity contribution is -0.231. The highest BCUT2D eigenvalue weighted by Gasteiger charge is 2.76. The van der Waals surface area contributed by atoms with E-state index in [-0.39, 0.29) is 0 Å². The van der Waals surface area contributed by atoms with Crippen LogP contribution < -0.4 is 10.6 Å². The van der Waals surface area contributed by atoms with E-state index in [9.17, 15) is 32.3 Å². The summed E-state index contributed by atoms with van der Waals surface area (Å²) >= 11 is 0. The van der Waals surface area contributed by atoms with Gasteiger partial charge in [0.2, 0.25) is 23.6 Å². The molecule has 2 heterocycles. The first-order chi connectivity index (χ1) is 10.7. The maximum absolute atomic E-state index is 14.0. The fraction of sp³-hybridized carbons (Fsp3) is 0.286. The van der Waals surface area contributed by atoms with Gasteiger partial charge in [-0.3, -0.25) is 29.8 Å². The van der Waals surface area contributed by atoms with Crippen LogP contribution in [0.1, 0.15) is 5.56 Å². The van der Waals surface area contributed by atoms with Crippen molar-refractivity contribution in [3.8, 4) is 0 Å². The van der Waals surface area contributed by atoms with E-state index >= 15 is 0 Å². The molecule has 4 amide bonds. The molecule has 1 aromatic carbocycles. The van der Waals surface area contributed by atoms with Gasteiger partial charge in [0.1, 0.15) is 17.3 Å². The van der Waals surface area contributed by atoms with Crippen LogP contribution in [0.15, 0.2) is 30.3 Å². The second kappa shape index (κ2) is 4.64. The normalized spacial score (nSPS) is 30.7. The summed E-state index contributed by atoms with van der Waals surface area (Å²) in [6, 6.07) is 6.09. The Hall–Kier alpha value is -2.71. The summed E-state index contributed by atoms with van der Waals surface area (Å²) in [6.07, 6.45) is -5.18. The molecule has 2 bridgehead atoms. The fourth-order valence-corrected chi connectivity index (χ4v) is 3.30. The second-order valence-corrected chi connectivity index (χ2v) is 5.31. The quantitative estimate of drug-likeness (QED) is 0.563. The van der Waals surface area contributed by atoms with Crippen molar-refractivity contribution in [2.75, 3.05) is 0 Å². The zero-order valence-electron chi connectivity index (χ0n) is 11.3. The molecule has 120 valence electrons. The van der Waals surface area contributed by atoms with E-state index in [2.05, 4.69) is 0 Å². The first kappa shape index (κ1) is 15.2. The average molecular weight is 326 g/mol. The third kappa shape index (κ3) is 1.82. The molecular weight excluding hydrogens is 317 g/mol. The van der Waals surface area contributed by atoms with Gasteiger partial charge in [0, 0.05) is 0 Å². The molecule has 2 aliphatic heterocycles. The van der Waals surface area contributed by atoms with E-state index in [4.69, 9.17) is 0 Å². The summed E-state index contributed by atoms with van der Waals surface area (Å²) in [5.74, 6) is -10.0. The standard InChI is InChI=1S/C14H9F3N2O4/c15-14(16,17)13(6-4-2-1-3-5-6)7-9(20)18-11(22)8(13)12(23)19-10(7)21/h1-5,7-8H,(H,18,20,22)(H,19,21,23). The van der Waals surface area contributed by atoms with Crippen molar-refractivity contribution in [3.05, 3.63) is 35.9 Å². The van der Waals surface area contributed by atoms with E-state index in [0.29, 0.717) is 0 Å². The van der Waals surface area contributed by atoms with E-state index in [0.717, 1.165) is 12.1 Å². The highest BCUT2D eigenvalue weighted by atomic mass is 19.4. The number of benzene rings is 1. The van der Waals surface area contributed by atoms with Gasteiger partial charge in [0.25, 0.3) is 0 Å². The van der Waals surface area contributed by atoms with Crippen LogP contribution in [0.3, 0.4) is 0 Å². The highest BCUT2D eigenvalue weighted by molar-refractivity contribution is 6.23. The first-order valence-electron chi connectivity index (χ1n) is 6.53. The van der Waals surface area contributed by atoms with Crippen molar-refractivity contribution in [2.45, 2.75) is 11.6 Å². The number of hydrogen-bond donors (Lipinski definition) is 2. The fourth-order valence-electron chi connectivity index (χ4n) is 3.30. The Bertz CT molecular complexity index is 667. The Morgan fingerprint density at radius 1 is 0.783 bits per heavy atom. The molecule has 0 radical (unpaired) electrons. The summed E-state index contributed by atoms with van der Waals surface area (Å²) in [4.78, 5) is 47.9. The Kier molecular flexibility index (Phi) is 3.07. The minimum Gasteiger partial charge on any atom is -0.295 e. The SMILES string of the molecule is O=C1NC(=O)C2C(=O)NC(=O)C1C2(c1ccccc1)C(F)(F)F. The second-order valence-electron chi connectivity index (χ2n) is 5.31. The predicted molar refractivity (Wildman–Crippen MR) is 67.5 cm³/mol. The van der Waals surface area contributed by atoms with Gasteiger partial charge in [0.15, 0.2) is 0 Å². The summed E-state index contributed by atoms with van der Waals surface area (Å²) in [7, 11) is 0. The van der Waals surface area contributed by atoms with Crippen molar-refractivity contribution >= 4 is 23.6 Å². The Morgan fingerprint density at radius 3 is 1.52 bits per heavy atom. The highest BCUT2D eigenvalue weighted by Crippen LogP contribution is 2.55. The van der Waals surface area contributed by atoms with E-state index < -0.39 is 52.6 Å². The van der Waals surface area contributed by atoms with Crippen molar-refractivity contribution in [3.63, 3.8) is 0 Å². The monoisotopic (exact) mass is 326 g/mol.